The molecule has 0 radical (unpaired) electrons. The molecule has 2 rings (SSSR count). The number of carboxylic acid groups (broad SMARTS) is 1. The molecule has 0 unspecified atom stereocenters. The smallest absolute Gasteiger partial charge is 0.339 e. The first kappa shape index (κ1) is 14.9. The Labute approximate surface area is 120 Å². The van der Waals surface area contributed by atoms with Crippen LogP contribution in [0.15, 0.2) is 12.5 Å². The van der Waals surface area contributed by atoms with Crippen LogP contribution in [0.2, 0.25) is 0 Å². The maximum Gasteiger partial charge on any atom is 0.339 e. The molecular formula is C15H23N3O2. The van der Waals surface area contributed by atoms with Gasteiger partial charge in [0.05, 0.1) is 5.69 Å². The summed E-state index contributed by atoms with van der Waals surface area (Å²) in [5.41, 5.74) is 0.814. The highest BCUT2D eigenvalue weighted by atomic mass is 16.4. The Balaban J connectivity index is 1.98. The van der Waals surface area contributed by atoms with Gasteiger partial charge in [-0.1, -0.05) is 13.3 Å². The van der Waals surface area contributed by atoms with E-state index in [9.17, 15) is 4.79 Å². The summed E-state index contributed by atoms with van der Waals surface area (Å²) >= 11 is 0. The van der Waals surface area contributed by atoms with E-state index in [0.29, 0.717) is 18.3 Å². The van der Waals surface area contributed by atoms with Crippen molar-refractivity contribution < 1.29 is 9.90 Å². The SMILES string of the molecule is CCC1CCC(N(C)Cc2ncncc2C(=O)O)CC1. The molecule has 0 atom stereocenters. The third kappa shape index (κ3) is 3.54. The number of hydrogen-bond acceptors (Lipinski definition) is 4. The number of aromatic carboxylic acids is 1. The summed E-state index contributed by atoms with van der Waals surface area (Å²) in [5.74, 6) is -0.0861. The van der Waals surface area contributed by atoms with E-state index < -0.39 is 5.97 Å². The van der Waals surface area contributed by atoms with Crippen LogP contribution in [-0.2, 0) is 6.54 Å². The predicted octanol–water partition coefficient (Wildman–Crippen LogP) is 2.58. The van der Waals surface area contributed by atoms with Gasteiger partial charge in [-0.15, -0.1) is 0 Å². The standard InChI is InChI=1S/C15H23N3O2/c1-3-11-4-6-12(7-5-11)18(2)9-14-13(15(19)20)8-16-10-17-14/h8,10-12H,3-7,9H2,1-2H3,(H,19,20). The monoisotopic (exact) mass is 277 g/mol. The van der Waals surface area contributed by atoms with Crippen molar-refractivity contribution in [3.63, 3.8) is 0 Å². The first-order chi connectivity index (χ1) is 9.61. The van der Waals surface area contributed by atoms with E-state index in [0.717, 1.165) is 5.92 Å². The number of carboxylic acids is 1. The zero-order chi connectivity index (χ0) is 14.5. The Morgan fingerprint density at radius 1 is 1.40 bits per heavy atom. The van der Waals surface area contributed by atoms with Gasteiger partial charge in [-0.3, -0.25) is 4.90 Å². The van der Waals surface area contributed by atoms with Gasteiger partial charge in [0.1, 0.15) is 11.9 Å². The van der Waals surface area contributed by atoms with Crippen molar-refractivity contribution >= 4 is 5.97 Å². The molecule has 1 heterocycles. The van der Waals surface area contributed by atoms with E-state index in [-0.39, 0.29) is 5.56 Å². The molecule has 20 heavy (non-hydrogen) atoms. The van der Waals surface area contributed by atoms with Gasteiger partial charge < -0.3 is 5.11 Å². The Kier molecular flexibility index (Phi) is 5.06. The summed E-state index contributed by atoms with van der Waals surface area (Å²) in [6.45, 7) is 2.83. The summed E-state index contributed by atoms with van der Waals surface area (Å²) in [6.07, 6.45) is 9.02. The van der Waals surface area contributed by atoms with Gasteiger partial charge >= 0.3 is 5.97 Å². The molecule has 5 heteroatoms. The number of carbonyl (C=O) groups is 1. The van der Waals surface area contributed by atoms with Crippen LogP contribution in [0.25, 0.3) is 0 Å². The second kappa shape index (κ2) is 6.79. The van der Waals surface area contributed by atoms with Crippen LogP contribution >= 0.6 is 0 Å². The molecule has 1 saturated carbocycles. The molecule has 1 aromatic rings. The van der Waals surface area contributed by atoms with E-state index in [1.54, 1.807) is 0 Å². The predicted molar refractivity (Wildman–Crippen MR) is 76.5 cm³/mol. The van der Waals surface area contributed by atoms with Gasteiger partial charge in [0.25, 0.3) is 0 Å². The van der Waals surface area contributed by atoms with Crippen LogP contribution in [0.5, 0.6) is 0 Å². The zero-order valence-electron chi connectivity index (χ0n) is 12.2. The van der Waals surface area contributed by atoms with Gasteiger partial charge in [0.2, 0.25) is 0 Å². The number of aromatic nitrogens is 2. The Hall–Kier alpha value is -1.49. The van der Waals surface area contributed by atoms with E-state index in [2.05, 4.69) is 28.8 Å². The highest BCUT2D eigenvalue weighted by Gasteiger charge is 2.24. The van der Waals surface area contributed by atoms with Crippen molar-refractivity contribution in [2.75, 3.05) is 7.05 Å². The molecule has 1 aliphatic carbocycles. The maximum absolute atomic E-state index is 11.2. The fourth-order valence-electron chi connectivity index (χ4n) is 3.02. The largest absolute Gasteiger partial charge is 0.478 e. The lowest BCUT2D eigenvalue weighted by Gasteiger charge is -2.34. The first-order valence-corrected chi connectivity index (χ1v) is 7.34. The third-order valence-electron chi connectivity index (χ3n) is 4.44. The molecule has 1 fully saturated rings. The van der Waals surface area contributed by atoms with Crippen molar-refractivity contribution in [2.45, 2.75) is 51.6 Å². The zero-order valence-corrected chi connectivity index (χ0v) is 12.2. The first-order valence-electron chi connectivity index (χ1n) is 7.34. The van der Waals surface area contributed by atoms with Crippen LogP contribution in [0, 0.1) is 5.92 Å². The lowest BCUT2D eigenvalue weighted by molar-refractivity contribution is 0.0692. The quantitative estimate of drug-likeness (QED) is 0.896. The topological polar surface area (TPSA) is 66.3 Å². The molecule has 1 aromatic heterocycles. The molecular weight excluding hydrogens is 254 g/mol. The average Bonchev–Trinajstić information content (AvgIpc) is 2.47. The second-order valence-corrected chi connectivity index (χ2v) is 5.69. The number of hydrogen-bond donors (Lipinski definition) is 1. The van der Waals surface area contributed by atoms with Gasteiger partial charge in [0, 0.05) is 18.8 Å². The fraction of sp³-hybridized carbons (Fsp3) is 0.667. The Bertz CT molecular complexity index is 456. The van der Waals surface area contributed by atoms with Crippen LogP contribution in [0.1, 0.15) is 55.1 Å². The minimum absolute atomic E-state index is 0.210. The van der Waals surface area contributed by atoms with Gasteiger partial charge in [0.15, 0.2) is 0 Å². The summed E-state index contributed by atoms with van der Waals surface area (Å²) in [7, 11) is 2.06. The van der Waals surface area contributed by atoms with Crippen LogP contribution < -0.4 is 0 Å². The maximum atomic E-state index is 11.2. The molecule has 1 N–H and O–H groups in total. The van der Waals surface area contributed by atoms with E-state index in [1.807, 2.05) is 0 Å². The molecule has 0 amide bonds. The average molecular weight is 277 g/mol. The molecule has 0 aliphatic heterocycles. The summed E-state index contributed by atoms with van der Waals surface area (Å²) in [4.78, 5) is 21.3. The highest BCUT2D eigenvalue weighted by Crippen LogP contribution is 2.29. The molecule has 1 aliphatic rings. The van der Waals surface area contributed by atoms with Crippen LogP contribution in [0.3, 0.4) is 0 Å². The highest BCUT2D eigenvalue weighted by molar-refractivity contribution is 5.88. The van der Waals surface area contributed by atoms with Gasteiger partial charge in [-0.25, -0.2) is 14.8 Å². The summed E-state index contributed by atoms with van der Waals surface area (Å²) in [6, 6.07) is 0.536. The van der Waals surface area contributed by atoms with Crippen molar-refractivity contribution in [3.8, 4) is 0 Å². The minimum atomic E-state index is -0.955. The van der Waals surface area contributed by atoms with Gasteiger partial charge in [-0.05, 0) is 38.6 Å². The normalized spacial score (nSPS) is 22.9. The van der Waals surface area contributed by atoms with Crippen molar-refractivity contribution in [1.82, 2.24) is 14.9 Å². The molecule has 110 valence electrons. The number of nitrogens with zero attached hydrogens (tertiary/aromatic N) is 3. The van der Waals surface area contributed by atoms with E-state index >= 15 is 0 Å². The Morgan fingerprint density at radius 3 is 2.70 bits per heavy atom. The minimum Gasteiger partial charge on any atom is -0.478 e. The summed E-state index contributed by atoms with van der Waals surface area (Å²) in [5, 5.41) is 9.16. The van der Waals surface area contributed by atoms with Crippen LogP contribution in [-0.4, -0.2) is 39.0 Å². The molecule has 0 spiro atoms. The molecule has 5 nitrogen and oxygen atoms in total. The molecule has 0 bridgehead atoms. The lowest BCUT2D eigenvalue weighted by atomic mass is 9.84. The van der Waals surface area contributed by atoms with Crippen molar-refractivity contribution in [2.24, 2.45) is 5.92 Å². The number of rotatable bonds is 5. The third-order valence-corrected chi connectivity index (χ3v) is 4.44. The lowest BCUT2D eigenvalue weighted by Crippen LogP contribution is -2.35. The fourth-order valence-corrected chi connectivity index (χ4v) is 3.02. The van der Waals surface area contributed by atoms with E-state index in [4.69, 9.17) is 5.11 Å². The van der Waals surface area contributed by atoms with Crippen molar-refractivity contribution in [1.29, 1.82) is 0 Å². The van der Waals surface area contributed by atoms with Crippen molar-refractivity contribution in [3.05, 3.63) is 23.8 Å². The molecule has 0 aromatic carbocycles. The van der Waals surface area contributed by atoms with Gasteiger partial charge in [-0.2, -0.15) is 0 Å². The molecule has 0 saturated heterocycles. The second-order valence-electron chi connectivity index (χ2n) is 5.69. The Morgan fingerprint density at radius 2 is 2.10 bits per heavy atom. The van der Waals surface area contributed by atoms with Crippen LogP contribution in [0.4, 0.5) is 0 Å². The van der Waals surface area contributed by atoms with E-state index in [1.165, 1.54) is 44.6 Å². The summed E-state index contributed by atoms with van der Waals surface area (Å²) < 4.78 is 0.